The number of carbonyl (C=O) groups is 2. The van der Waals surface area contributed by atoms with E-state index in [4.69, 9.17) is 14.2 Å². The molecule has 1 amide bonds. The molecule has 3 rings (SSSR count). The van der Waals surface area contributed by atoms with Gasteiger partial charge in [0.1, 0.15) is 23.4 Å². The van der Waals surface area contributed by atoms with Crippen molar-refractivity contribution < 1.29 is 37.3 Å². The van der Waals surface area contributed by atoms with Crippen LogP contribution in [0.5, 0.6) is 11.5 Å². The molecule has 0 fully saturated rings. The van der Waals surface area contributed by atoms with Gasteiger partial charge in [-0.3, -0.25) is 4.79 Å². The molecule has 1 aromatic heterocycles. The van der Waals surface area contributed by atoms with Gasteiger partial charge in [-0.15, -0.1) is 0 Å². The molecule has 0 saturated carbocycles. The molecule has 0 aliphatic heterocycles. The highest BCUT2D eigenvalue weighted by atomic mass is 19.3. The Morgan fingerprint density at radius 2 is 1.72 bits per heavy atom. The summed E-state index contributed by atoms with van der Waals surface area (Å²) in [5.41, 5.74) is 0.118. The van der Waals surface area contributed by atoms with E-state index in [0.29, 0.717) is 0 Å². The van der Waals surface area contributed by atoms with Gasteiger partial charge in [0.25, 0.3) is 5.91 Å². The van der Waals surface area contributed by atoms with Crippen LogP contribution < -0.4 is 14.8 Å². The third-order valence-electron chi connectivity index (χ3n) is 4.92. The van der Waals surface area contributed by atoms with Gasteiger partial charge in [-0.2, -0.15) is 8.78 Å². The lowest BCUT2D eigenvalue weighted by atomic mass is 10.1. The predicted molar refractivity (Wildman–Crippen MR) is 128 cm³/mol. The molecular formula is C26H26F2N2O6. The van der Waals surface area contributed by atoms with Crippen molar-refractivity contribution in [1.29, 1.82) is 0 Å². The van der Waals surface area contributed by atoms with Gasteiger partial charge >= 0.3 is 11.9 Å². The minimum Gasteiger partial charge on any atom is -0.488 e. The van der Waals surface area contributed by atoms with Crippen molar-refractivity contribution in [1.82, 2.24) is 4.98 Å². The zero-order chi connectivity index (χ0) is 26.1. The zero-order valence-corrected chi connectivity index (χ0v) is 20.0. The van der Waals surface area contributed by atoms with Gasteiger partial charge < -0.3 is 24.3 Å². The number of amides is 1. The highest BCUT2D eigenvalue weighted by Gasteiger charge is 2.32. The van der Waals surface area contributed by atoms with Crippen molar-refractivity contribution >= 4 is 17.7 Å². The molecule has 0 radical (unpaired) electrons. The van der Waals surface area contributed by atoms with Crippen LogP contribution in [0.1, 0.15) is 33.2 Å². The number of rotatable bonds is 11. The molecule has 0 saturated heterocycles. The number of ether oxygens (including phenoxy) is 4. The summed E-state index contributed by atoms with van der Waals surface area (Å²) in [7, 11) is 2.76. The van der Waals surface area contributed by atoms with E-state index in [9.17, 15) is 18.4 Å². The first kappa shape index (κ1) is 26.6. The normalized spacial score (nSPS) is 11.9. The summed E-state index contributed by atoms with van der Waals surface area (Å²) in [6.45, 7) is 1.09. The van der Waals surface area contributed by atoms with Gasteiger partial charge in [-0.1, -0.05) is 30.3 Å². The highest BCUT2D eigenvalue weighted by molar-refractivity contribution is 6.04. The highest BCUT2D eigenvalue weighted by Crippen LogP contribution is 2.31. The Hall–Kier alpha value is -4.05. The fraction of sp³-hybridized carbons (Fsp3) is 0.269. The van der Waals surface area contributed by atoms with Crippen LogP contribution in [0.4, 0.5) is 14.6 Å². The maximum absolute atomic E-state index is 14.6. The summed E-state index contributed by atoms with van der Waals surface area (Å²) in [5.74, 6) is -3.98. The lowest BCUT2D eigenvalue weighted by Crippen LogP contribution is -2.23. The number of alkyl halides is 2. The molecule has 190 valence electrons. The molecule has 10 heteroatoms. The minimum absolute atomic E-state index is 0.0203. The molecule has 1 N–H and O–H groups in total. The van der Waals surface area contributed by atoms with Crippen molar-refractivity contribution in [2.24, 2.45) is 0 Å². The molecular weight excluding hydrogens is 474 g/mol. The number of benzene rings is 2. The van der Waals surface area contributed by atoms with Crippen LogP contribution in [-0.2, 0) is 15.4 Å². The van der Waals surface area contributed by atoms with Crippen LogP contribution in [0.3, 0.4) is 0 Å². The van der Waals surface area contributed by atoms with E-state index in [1.54, 1.807) is 13.0 Å². The third kappa shape index (κ3) is 7.22. The molecule has 8 nitrogen and oxygen atoms in total. The maximum atomic E-state index is 14.6. The second-order valence-corrected chi connectivity index (χ2v) is 7.81. The number of aromatic nitrogens is 1. The maximum Gasteiger partial charge on any atom is 0.339 e. The Morgan fingerprint density at radius 3 is 2.36 bits per heavy atom. The number of nitrogens with one attached hydrogen (secondary N) is 1. The fourth-order valence-electron chi connectivity index (χ4n) is 3.19. The van der Waals surface area contributed by atoms with E-state index in [0.717, 1.165) is 0 Å². The largest absolute Gasteiger partial charge is 0.488 e. The molecule has 0 unspecified atom stereocenters. The van der Waals surface area contributed by atoms with E-state index in [-0.39, 0.29) is 46.7 Å². The van der Waals surface area contributed by atoms with Crippen molar-refractivity contribution in [2.75, 3.05) is 32.8 Å². The van der Waals surface area contributed by atoms with E-state index in [1.807, 2.05) is 0 Å². The SMILES string of the molecule is COC[C@H](C)Oc1cc(OCC(F)(F)c2ccccc2)cc(C(=O)Nc2ccc(C(=O)OC)cn2)c1. The number of pyridine rings is 1. The van der Waals surface area contributed by atoms with Crippen LogP contribution in [0.2, 0.25) is 0 Å². The molecule has 1 heterocycles. The fourth-order valence-corrected chi connectivity index (χ4v) is 3.19. The van der Waals surface area contributed by atoms with E-state index < -0.39 is 24.4 Å². The second-order valence-electron chi connectivity index (χ2n) is 7.81. The molecule has 0 aliphatic rings. The van der Waals surface area contributed by atoms with Crippen molar-refractivity contribution in [2.45, 2.75) is 19.0 Å². The van der Waals surface area contributed by atoms with E-state index in [1.165, 1.54) is 75.0 Å². The summed E-state index contributed by atoms with van der Waals surface area (Å²) in [6, 6.07) is 14.4. The third-order valence-corrected chi connectivity index (χ3v) is 4.92. The van der Waals surface area contributed by atoms with E-state index in [2.05, 4.69) is 15.0 Å². The Labute approximate surface area is 207 Å². The Kier molecular flexibility index (Phi) is 8.91. The zero-order valence-electron chi connectivity index (χ0n) is 20.0. The molecule has 36 heavy (non-hydrogen) atoms. The van der Waals surface area contributed by atoms with Crippen molar-refractivity contribution in [3.05, 3.63) is 83.6 Å². The van der Waals surface area contributed by atoms with Crippen molar-refractivity contribution in [3.63, 3.8) is 0 Å². The monoisotopic (exact) mass is 500 g/mol. The summed E-state index contributed by atoms with van der Waals surface area (Å²) in [6.07, 6.45) is 0.882. The average Bonchev–Trinajstić information content (AvgIpc) is 2.88. The Balaban J connectivity index is 1.81. The van der Waals surface area contributed by atoms with Gasteiger partial charge in [0.05, 0.1) is 19.3 Å². The van der Waals surface area contributed by atoms with Gasteiger partial charge in [-0.05, 0) is 31.2 Å². The summed E-state index contributed by atoms with van der Waals surface area (Å²) in [4.78, 5) is 28.5. The van der Waals surface area contributed by atoms with Crippen LogP contribution in [0.25, 0.3) is 0 Å². The second kappa shape index (κ2) is 12.1. The minimum atomic E-state index is -3.25. The Bertz CT molecular complexity index is 1170. The lowest BCUT2D eigenvalue weighted by molar-refractivity contribution is -0.0468. The van der Waals surface area contributed by atoms with E-state index >= 15 is 0 Å². The Morgan fingerprint density at radius 1 is 1.00 bits per heavy atom. The summed E-state index contributed by atoms with van der Waals surface area (Å²) in [5, 5.41) is 2.59. The van der Waals surface area contributed by atoms with Gasteiger partial charge in [0.15, 0.2) is 6.61 Å². The van der Waals surface area contributed by atoms with Crippen molar-refractivity contribution in [3.8, 4) is 11.5 Å². The molecule has 0 aliphatic carbocycles. The summed E-state index contributed by atoms with van der Waals surface area (Å²) >= 11 is 0. The molecule has 3 aromatic rings. The van der Waals surface area contributed by atoms with Gasteiger partial charge in [-0.25, -0.2) is 9.78 Å². The first-order chi connectivity index (χ1) is 17.2. The predicted octanol–water partition coefficient (Wildman–Crippen LogP) is 4.71. The van der Waals surface area contributed by atoms with Crippen LogP contribution in [0.15, 0.2) is 66.9 Å². The molecule has 2 aromatic carbocycles. The number of esters is 1. The topological polar surface area (TPSA) is 96.0 Å². The number of anilines is 1. The summed E-state index contributed by atoms with van der Waals surface area (Å²) < 4.78 is 50.1. The van der Waals surface area contributed by atoms with Gasteiger partial charge in [0, 0.05) is 30.5 Å². The number of nitrogens with zero attached hydrogens (tertiary/aromatic N) is 1. The average molecular weight is 500 g/mol. The number of carbonyl (C=O) groups excluding carboxylic acids is 2. The first-order valence-corrected chi connectivity index (χ1v) is 10.9. The quantitative estimate of drug-likeness (QED) is 0.381. The lowest BCUT2D eigenvalue weighted by Gasteiger charge is -2.19. The molecule has 1 atom stereocenters. The first-order valence-electron chi connectivity index (χ1n) is 10.9. The standard InChI is InChI=1S/C26H26F2N2O6/c1-17(15-33-2)36-22-12-19(24(31)30-23-10-9-18(14-29-23)25(32)34-3)11-21(13-22)35-16-26(27,28)20-7-5-4-6-8-20/h4-14,17H,15-16H2,1-3H3,(H,29,30,31)/t17-/m0/s1. The van der Waals surface area contributed by atoms with Crippen LogP contribution >= 0.6 is 0 Å². The molecule has 0 bridgehead atoms. The number of hydrogen-bond acceptors (Lipinski definition) is 7. The number of halogens is 2. The smallest absolute Gasteiger partial charge is 0.339 e. The number of hydrogen-bond donors (Lipinski definition) is 1. The van der Waals surface area contributed by atoms with Crippen LogP contribution in [-0.4, -0.2) is 50.4 Å². The van der Waals surface area contributed by atoms with Crippen LogP contribution in [0, 0.1) is 0 Å². The molecule has 0 spiro atoms. The van der Waals surface area contributed by atoms with Gasteiger partial charge in [0.2, 0.25) is 0 Å². The number of methoxy groups -OCH3 is 2.